The van der Waals surface area contributed by atoms with Crippen LogP contribution in [-0.4, -0.2) is 105 Å². The predicted molar refractivity (Wildman–Crippen MR) is 126 cm³/mol. The SMILES string of the molecule is C=C(C)C(=O)OCC(C)[N+](C)(C)CC.C=C(C)C(=O)OCC(C)[N+](C)(C)CC.O=S(=O)([O-])[O-]. The number of esters is 2. The normalized spacial score (nSPS) is 13.2. The summed E-state index contributed by atoms with van der Waals surface area (Å²) in [5.41, 5.74) is 0.915. The van der Waals surface area contributed by atoms with E-state index in [2.05, 4.69) is 69.0 Å². The lowest BCUT2D eigenvalue weighted by Gasteiger charge is -2.34. The van der Waals surface area contributed by atoms with Crippen molar-refractivity contribution in [2.75, 3.05) is 54.5 Å². The maximum Gasteiger partial charge on any atom is 0.333 e. The van der Waals surface area contributed by atoms with Crippen LogP contribution in [0.2, 0.25) is 0 Å². The molecule has 0 aromatic heterocycles. The smallest absolute Gasteiger partial charge is 0.333 e. The van der Waals surface area contributed by atoms with Crippen molar-refractivity contribution in [1.29, 1.82) is 0 Å². The van der Waals surface area contributed by atoms with Crippen LogP contribution in [0.15, 0.2) is 24.3 Å². The summed E-state index contributed by atoms with van der Waals surface area (Å²) in [4.78, 5) is 22.3. The van der Waals surface area contributed by atoms with E-state index in [4.69, 9.17) is 27.0 Å². The summed E-state index contributed by atoms with van der Waals surface area (Å²) in [7, 11) is 3.33. The van der Waals surface area contributed by atoms with E-state index in [9.17, 15) is 9.59 Å². The highest BCUT2D eigenvalue weighted by molar-refractivity contribution is 7.79. The van der Waals surface area contributed by atoms with Crippen molar-refractivity contribution in [3.8, 4) is 0 Å². The van der Waals surface area contributed by atoms with Crippen LogP contribution in [0.25, 0.3) is 0 Å². The Labute approximate surface area is 200 Å². The molecule has 0 amide bonds. The molecule has 0 aromatic rings. The van der Waals surface area contributed by atoms with Crippen molar-refractivity contribution in [3.05, 3.63) is 24.3 Å². The van der Waals surface area contributed by atoms with Gasteiger partial charge in [-0.1, -0.05) is 13.2 Å². The molecule has 196 valence electrons. The molecule has 0 radical (unpaired) electrons. The van der Waals surface area contributed by atoms with Gasteiger partial charge in [-0.25, -0.2) is 9.59 Å². The van der Waals surface area contributed by atoms with E-state index in [1.54, 1.807) is 13.8 Å². The molecule has 0 aliphatic heterocycles. The fraction of sp³-hybridized carbons (Fsp3) is 0.727. The number of nitrogens with zero attached hydrogens (tertiary/aromatic N) is 2. The minimum Gasteiger partial charge on any atom is -0.759 e. The number of carbonyl (C=O) groups excluding carboxylic acids is 2. The minimum absolute atomic E-state index is 0.298. The lowest BCUT2D eigenvalue weighted by Crippen LogP contribution is -2.49. The molecule has 0 saturated heterocycles. The number of rotatable bonds is 10. The summed E-state index contributed by atoms with van der Waals surface area (Å²) in [5, 5.41) is 0. The highest BCUT2D eigenvalue weighted by Gasteiger charge is 2.24. The van der Waals surface area contributed by atoms with Crippen molar-refractivity contribution in [2.45, 2.75) is 53.6 Å². The minimum atomic E-state index is -5.17. The van der Waals surface area contributed by atoms with Crippen molar-refractivity contribution in [2.24, 2.45) is 0 Å². The van der Waals surface area contributed by atoms with Gasteiger partial charge in [0, 0.05) is 21.5 Å². The summed E-state index contributed by atoms with van der Waals surface area (Å²) in [6.07, 6.45) is 0. The van der Waals surface area contributed by atoms with E-state index in [-0.39, 0.29) is 11.9 Å². The Balaban J connectivity index is -0.000000453. The average molecular weight is 497 g/mol. The maximum absolute atomic E-state index is 11.1. The van der Waals surface area contributed by atoms with Gasteiger partial charge in [-0.15, -0.1) is 0 Å². The molecule has 0 bridgehead atoms. The molecule has 0 saturated carbocycles. The molecule has 0 rings (SSSR count). The first-order valence-electron chi connectivity index (χ1n) is 10.6. The first-order valence-corrected chi connectivity index (χ1v) is 11.9. The van der Waals surface area contributed by atoms with Gasteiger partial charge in [0.15, 0.2) is 0 Å². The largest absolute Gasteiger partial charge is 0.759 e. The Hall–Kier alpha value is -1.79. The summed E-state index contributed by atoms with van der Waals surface area (Å²) < 4.78 is 46.0. The Bertz CT molecular complexity index is 689. The number of quaternary nitrogens is 2. The number of carbonyl (C=O) groups is 2. The van der Waals surface area contributed by atoms with Crippen LogP contribution in [0.5, 0.6) is 0 Å². The van der Waals surface area contributed by atoms with Gasteiger partial charge in [0.25, 0.3) is 0 Å². The van der Waals surface area contributed by atoms with Crippen LogP contribution in [0, 0.1) is 0 Å². The van der Waals surface area contributed by atoms with Gasteiger partial charge in [-0.2, -0.15) is 0 Å². The van der Waals surface area contributed by atoms with Gasteiger partial charge in [0.2, 0.25) is 0 Å². The second-order valence-corrected chi connectivity index (χ2v) is 9.87. The fourth-order valence-corrected chi connectivity index (χ4v) is 1.67. The fourth-order valence-electron chi connectivity index (χ4n) is 1.67. The summed E-state index contributed by atoms with van der Waals surface area (Å²) in [6.45, 7) is 21.7. The molecule has 0 aliphatic rings. The van der Waals surface area contributed by atoms with Crippen molar-refractivity contribution < 1.29 is 45.6 Å². The molecular formula is C22H44N2O8S. The van der Waals surface area contributed by atoms with Crippen LogP contribution in [-0.2, 0) is 29.5 Å². The van der Waals surface area contributed by atoms with Crippen molar-refractivity contribution in [3.63, 3.8) is 0 Å². The zero-order valence-electron chi connectivity index (χ0n) is 22.0. The van der Waals surface area contributed by atoms with Gasteiger partial charge in [-0.05, 0) is 41.5 Å². The number of ether oxygens (including phenoxy) is 2. The van der Waals surface area contributed by atoms with E-state index in [0.29, 0.717) is 36.4 Å². The highest BCUT2D eigenvalue weighted by atomic mass is 32.3. The van der Waals surface area contributed by atoms with E-state index in [1.807, 2.05) is 0 Å². The molecule has 0 spiro atoms. The first kappa shape index (κ1) is 35.8. The molecule has 0 N–H and O–H groups in total. The molecule has 33 heavy (non-hydrogen) atoms. The number of hydrogen-bond donors (Lipinski definition) is 0. The zero-order valence-corrected chi connectivity index (χ0v) is 22.8. The molecular weight excluding hydrogens is 452 g/mol. The van der Waals surface area contributed by atoms with Gasteiger partial charge >= 0.3 is 11.9 Å². The van der Waals surface area contributed by atoms with Crippen LogP contribution in [0.4, 0.5) is 0 Å². The quantitative estimate of drug-likeness (QED) is 0.147. The summed E-state index contributed by atoms with van der Waals surface area (Å²) in [5.74, 6) is -0.596. The Kier molecular flexibility index (Phi) is 17.3. The van der Waals surface area contributed by atoms with Crippen LogP contribution < -0.4 is 0 Å². The lowest BCUT2D eigenvalue weighted by molar-refractivity contribution is -0.911. The van der Waals surface area contributed by atoms with Crippen LogP contribution in [0.3, 0.4) is 0 Å². The monoisotopic (exact) mass is 496 g/mol. The first-order chi connectivity index (χ1) is 14.6. The molecule has 0 fully saturated rings. The van der Waals surface area contributed by atoms with E-state index < -0.39 is 10.4 Å². The van der Waals surface area contributed by atoms with Crippen molar-refractivity contribution >= 4 is 22.3 Å². The van der Waals surface area contributed by atoms with E-state index >= 15 is 0 Å². The van der Waals surface area contributed by atoms with Crippen LogP contribution >= 0.6 is 0 Å². The third-order valence-corrected chi connectivity index (χ3v) is 5.62. The maximum atomic E-state index is 11.1. The molecule has 2 unspecified atom stereocenters. The lowest BCUT2D eigenvalue weighted by atomic mass is 10.2. The Morgan fingerprint density at radius 1 is 0.788 bits per heavy atom. The molecule has 0 aliphatic carbocycles. The van der Waals surface area contributed by atoms with Crippen molar-refractivity contribution in [1.82, 2.24) is 0 Å². The van der Waals surface area contributed by atoms with Gasteiger partial charge in [0.1, 0.15) is 25.3 Å². The third kappa shape index (κ3) is 20.5. The topological polar surface area (TPSA) is 133 Å². The second kappa shape index (κ2) is 15.9. The number of likely N-dealkylation sites (N-methyl/N-ethyl adjacent to an activating group) is 2. The zero-order chi connectivity index (χ0) is 27.2. The molecule has 0 aromatic carbocycles. The van der Waals surface area contributed by atoms with Crippen LogP contribution in [0.1, 0.15) is 41.5 Å². The molecule has 11 heteroatoms. The highest BCUT2D eigenvalue weighted by Crippen LogP contribution is 2.08. The molecule has 10 nitrogen and oxygen atoms in total. The van der Waals surface area contributed by atoms with E-state index in [0.717, 1.165) is 22.1 Å². The average Bonchev–Trinajstić information content (AvgIpc) is 2.68. The Morgan fingerprint density at radius 3 is 1.15 bits per heavy atom. The molecule has 2 atom stereocenters. The predicted octanol–water partition coefficient (Wildman–Crippen LogP) is 1.84. The van der Waals surface area contributed by atoms with Gasteiger partial charge < -0.3 is 27.5 Å². The summed E-state index contributed by atoms with van der Waals surface area (Å²) >= 11 is 0. The summed E-state index contributed by atoms with van der Waals surface area (Å²) in [6, 6.07) is 0.617. The van der Waals surface area contributed by atoms with Gasteiger partial charge in [-0.3, -0.25) is 8.42 Å². The third-order valence-electron chi connectivity index (χ3n) is 5.62. The molecule has 0 heterocycles. The number of hydrogen-bond acceptors (Lipinski definition) is 8. The Morgan fingerprint density at radius 2 is 1.00 bits per heavy atom. The second-order valence-electron chi connectivity index (χ2n) is 9.05. The van der Waals surface area contributed by atoms with E-state index in [1.165, 1.54) is 0 Å². The van der Waals surface area contributed by atoms with Gasteiger partial charge in [0.05, 0.1) is 41.3 Å². The standard InChI is InChI=1S/2C11H22NO2.H2O4S/c2*1-7-12(5,6)10(4)8-14-11(13)9(2)3;1-5(2,3)4/h2*10H,2,7-8H2,1,3-6H3;(H2,1,2,3,4)/q2*+1;/p-2.